The van der Waals surface area contributed by atoms with E-state index < -0.39 is 4.92 Å². The van der Waals surface area contributed by atoms with E-state index in [9.17, 15) is 14.9 Å². The molecule has 0 aliphatic rings. The molecule has 0 radical (unpaired) electrons. The fourth-order valence-electron chi connectivity index (χ4n) is 3.88. The van der Waals surface area contributed by atoms with Gasteiger partial charge in [-0.25, -0.2) is 4.98 Å². The summed E-state index contributed by atoms with van der Waals surface area (Å²) in [4.78, 5) is 33.3. The molecule has 0 aliphatic carbocycles. The van der Waals surface area contributed by atoms with Crippen LogP contribution in [0.4, 0.5) is 5.69 Å². The van der Waals surface area contributed by atoms with Crippen LogP contribution in [0.3, 0.4) is 0 Å². The zero-order chi connectivity index (χ0) is 24.5. The molecule has 5 rings (SSSR count). The summed E-state index contributed by atoms with van der Waals surface area (Å²) in [6.07, 6.45) is 0. The van der Waals surface area contributed by atoms with Crippen LogP contribution in [0.25, 0.3) is 28.0 Å². The van der Waals surface area contributed by atoms with Crippen molar-refractivity contribution in [2.24, 2.45) is 0 Å². The molecule has 174 valence electrons. The molecule has 0 bridgehead atoms. The lowest BCUT2D eigenvalue weighted by molar-refractivity contribution is -0.384. The van der Waals surface area contributed by atoms with Gasteiger partial charge in [0.05, 0.1) is 27.3 Å². The van der Waals surface area contributed by atoms with E-state index in [0.29, 0.717) is 27.5 Å². The van der Waals surface area contributed by atoms with Gasteiger partial charge in [0.1, 0.15) is 0 Å². The number of nitro benzene ring substituents is 1. The Morgan fingerprint density at radius 2 is 1.74 bits per heavy atom. The first-order chi connectivity index (χ1) is 16.9. The van der Waals surface area contributed by atoms with Gasteiger partial charge in [0.25, 0.3) is 11.2 Å². The van der Waals surface area contributed by atoms with Crippen LogP contribution in [0.2, 0.25) is 0 Å². The van der Waals surface area contributed by atoms with E-state index in [1.807, 2.05) is 50.2 Å². The summed E-state index contributed by atoms with van der Waals surface area (Å²) in [5, 5.41) is 16.1. The third-order valence-electron chi connectivity index (χ3n) is 5.52. The van der Waals surface area contributed by atoms with Gasteiger partial charge in [-0.1, -0.05) is 59.4 Å². The SMILES string of the molecule is Cc1cccc(C)c1-n1c(SCc2nc(-c3cccc([N+](=O)[O-])c3)no2)nc2ccccc2c1=O. The second kappa shape index (κ2) is 9.15. The lowest BCUT2D eigenvalue weighted by Crippen LogP contribution is -2.23. The summed E-state index contributed by atoms with van der Waals surface area (Å²) in [7, 11) is 0. The number of rotatable bonds is 6. The summed E-state index contributed by atoms with van der Waals surface area (Å²) in [6, 6.07) is 19.2. The smallest absolute Gasteiger partial charge is 0.270 e. The van der Waals surface area contributed by atoms with Gasteiger partial charge in [-0.05, 0) is 37.1 Å². The first-order valence-electron chi connectivity index (χ1n) is 10.7. The molecule has 10 heteroatoms. The van der Waals surface area contributed by atoms with E-state index in [0.717, 1.165) is 16.8 Å². The van der Waals surface area contributed by atoms with Crippen molar-refractivity contribution in [3.63, 3.8) is 0 Å². The van der Waals surface area contributed by atoms with E-state index in [-0.39, 0.29) is 22.8 Å². The van der Waals surface area contributed by atoms with E-state index in [2.05, 4.69) is 10.1 Å². The summed E-state index contributed by atoms with van der Waals surface area (Å²) in [5.74, 6) is 0.826. The number of nitrogens with zero attached hydrogens (tertiary/aromatic N) is 5. The molecule has 35 heavy (non-hydrogen) atoms. The molecule has 2 aromatic heterocycles. The first kappa shape index (κ1) is 22.5. The number of non-ortho nitro benzene ring substituents is 1. The number of benzene rings is 3. The maximum absolute atomic E-state index is 13.5. The largest absolute Gasteiger partial charge is 0.338 e. The van der Waals surface area contributed by atoms with Gasteiger partial charge < -0.3 is 4.52 Å². The van der Waals surface area contributed by atoms with Crippen LogP contribution in [-0.2, 0) is 5.75 Å². The molecule has 9 nitrogen and oxygen atoms in total. The molecule has 0 spiro atoms. The number of aryl methyl sites for hydroxylation is 2. The minimum Gasteiger partial charge on any atom is -0.338 e. The lowest BCUT2D eigenvalue weighted by Gasteiger charge is -2.16. The molecule has 0 atom stereocenters. The van der Waals surface area contributed by atoms with Crippen LogP contribution >= 0.6 is 11.8 Å². The first-order valence-corrected chi connectivity index (χ1v) is 11.7. The van der Waals surface area contributed by atoms with Crippen molar-refractivity contribution in [3.05, 3.63) is 104 Å². The van der Waals surface area contributed by atoms with Crippen LogP contribution in [0.5, 0.6) is 0 Å². The van der Waals surface area contributed by atoms with Crippen molar-refractivity contribution in [1.29, 1.82) is 0 Å². The predicted octanol–water partition coefficient (Wildman–Crippen LogP) is 5.25. The van der Waals surface area contributed by atoms with E-state index in [4.69, 9.17) is 9.51 Å². The second-order valence-electron chi connectivity index (χ2n) is 7.90. The minimum absolute atomic E-state index is 0.0544. The van der Waals surface area contributed by atoms with E-state index in [1.54, 1.807) is 22.8 Å². The zero-order valence-electron chi connectivity index (χ0n) is 18.8. The van der Waals surface area contributed by atoms with Crippen molar-refractivity contribution in [1.82, 2.24) is 19.7 Å². The number of fused-ring (bicyclic) bond motifs is 1. The molecule has 0 amide bonds. The van der Waals surface area contributed by atoms with Crippen LogP contribution in [0, 0.1) is 24.0 Å². The van der Waals surface area contributed by atoms with Gasteiger partial charge in [0, 0.05) is 17.7 Å². The van der Waals surface area contributed by atoms with Crippen molar-refractivity contribution >= 4 is 28.4 Å². The third-order valence-corrected chi connectivity index (χ3v) is 6.44. The molecule has 0 fully saturated rings. The van der Waals surface area contributed by atoms with Crippen LogP contribution in [-0.4, -0.2) is 24.6 Å². The van der Waals surface area contributed by atoms with Crippen molar-refractivity contribution < 1.29 is 9.45 Å². The van der Waals surface area contributed by atoms with Gasteiger partial charge in [0.15, 0.2) is 5.16 Å². The summed E-state index contributed by atoms with van der Waals surface area (Å²) < 4.78 is 7.02. The molecule has 3 aromatic carbocycles. The Labute approximate surface area is 203 Å². The second-order valence-corrected chi connectivity index (χ2v) is 8.84. The zero-order valence-corrected chi connectivity index (χ0v) is 19.7. The number of hydrogen-bond donors (Lipinski definition) is 0. The maximum Gasteiger partial charge on any atom is 0.270 e. The third kappa shape index (κ3) is 4.31. The Morgan fingerprint density at radius 1 is 1.00 bits per heavy atom. The monoisotopic (exact) mass is 485 g/mol. The van der Waals surface area contributed by atoms with Crippen molar-refractivity contribution in [2.75, 3.05) is 0 Å². The lowest BCUT2D eigenvalue weighted by atomic mass is 10.1. The quantitative estimate of drug-likeness (QED) is 0.138. The Hall–Kier alpha value is -4.31. The number of hydrogen-bond acceptors (Lipinski definition) is 8. The van der Waals surface area contributed by atoms with E-state index in [1.165, 1.54) is 23.9 Å². The number of thioether (sulfide) groups is 1. The fourth-order valence-corrected chi connectivity index (χ4v) is 4.72. The highest BCUT2D eigenvalue weighted by Crippen LogP contribution is 2.28. The van der Waals surface area contributed by atoms with Gasteiger partial charge in [0.2, 0.25) is 11.7 Å². The highest BCUT2D eigenvalue weighted by molar-refractivity contribution is 7.98. The van der Waals surface area contributed by atoms with Gasteiger partial charge in [-0.15, -0.1) is 0 Å². The standard InChI is InChI=1S/C25H19N5O4S/c1-15-7-5-8-16(2)22(15)29-24(31)19-11-3-4-12-20(19)26-25(29)35-14-21-27-23(28-34-21)17-9-6-10-18(13-17)30(32)33/h3-13H,14H2,1-2H3. The Kier molecular flexibility index (Phi) is 5.87. The van der Waals surface area contributed by atoms with Crippen LogP contribution < -0.4 is 5.56 Å². The molecular formula is C25H19N5O4S. The van der Waals surface area contributed by atoms with Gasteiger partial charge >= 0.3 is 0 Å². The molecule has 5 aromatic rings. The predicted molar refractivity (Wildman–Crippen MR) is 133 cm³/mol. The van der Waals surface area contributed by atoms with Gasteiger partial charge in [-0.2, -0.15) is 4.98 Å². The minimum atomic E-state index is -0.474. The molecule has 2 heterocycles. The molecule has 0 saturated carbocycles. The van der Waals surface area contributed by atoms with E-state index >= 15 is 0 Å². The molecule has 0 N–H and O–H groups in total. The number of aromatic nitrogens is 4. The Balaban J connectivity index is 1.53. The highest BCUT2D eigenvalue weighted by atomic mass is 32.2. The summed E-state index contributed by atoms with van der Waals surface area (Å²) in [6.45, 7) is 3.92. The Morgan fingerprint density at radius 3 is 2.51 bits per heavy atom. The molecule has 0 saturated heterocycles. The van der Waals surface area contributed by atoms with Crippen molar-refractivity contribution in [2.45, 2.75) is 24.8 Å². The molecule has 0 aliphatic heterocycles. The normalized spacial score (nSPS) is 11.1. The maximum atomic E-state index is 13.5. The number of nitro groups is 1. The molecular weight excluding hydrogens is 466 g/mol. The van der Waals surface area contributed by atoms with Crippen LogP contribution in [0.1, 0.15) is 17.0 Å². The summed E-state index contributed by atoms with van der Waals surface area (Å²) >= 11 is 1.31. The average Bonchev–Trinajstić information content (AvgIpc) is 3.33. The number of para-hydroxylation sites is 2. The Bertz CT molecular complexity index is 1620. The molecule has 0 unspecified atom stereocenters. The van der Waals surface area contributed by atoms with Crippen LogP contribution in [0.15, 0.2) is 81.2 Å². The average molecular weight is 486 g/mol. The highest BCUT2D eigenvalue weighted by Gasteiger charge is 2.18. The van der Waals surface area contributed by atoms with Crippen molar-refractivity contribution in [3.8, 4) is 17.1 Å². The van der Waals surface area contributed by atoms with Gasteiger partial charge in [-0.3, -0.25) is 19.5 Å². The fraction of sp³-hybridized carbons (Fsp3) is 0.120. The topological polar surface area (TPSA) is 117 Å². The summed E-state index contributed by atoms with van der Waals surface area (Å²) in [5.41, 5.74) is 3.58.